The predicted molar refractivity (Wildman–Crippen MR) is 147 cm³/mol. The number of aromatic nitrogens is 2. The minimum atomic E-state index is -0.224. The van der Waals surface area contributed by atoms with Crippen LogP contribution in [0.25, 0.3) is 11.7 Å². The van der Waals surface area contributed by atoms with Gasteiger partial charge in [0.05, 0.1) is 16.5 Å². The normalized spacial score (nSPS) is 15.8. The van der Waals surface area contributed by atoms with E-state index in [-0.39, 0.29) is 17.5 Å². The lowest BCUT2D eigenvalue weighted by atomic mass is 10.1. The molecule has 1 saturated heterocycles. The Labute approximate surface area is 216 Å². The van der Waals surface area contributed by atoms with Crippen molar-refractivity contribution in [3.63, 3.8) is 0 Å². The summed E-state index contributed by atoms with van der Waals surface area (Å²) in [7, 11) is 0. The highest BCUT2D eigenvalue weighted by molar-refractivity contribution is 8.26. The molecule has 2 aromatic carbocycles. The number of thioether (sulfide) groups is 1. The molecule has 1 fully saturated rings. The predicted octanol–water partition coefficient (Wildman–Crippen LogP) is 6.12. The summed E-state index contributed by atoms with van der Waals surface area (Å²) in [6, 6.07) is 23.1. The Morgan fingerprint density at radius 2 is 1.69 bits per heavy atom. The number of amides is 1. The molecule has 0 spiro atoms. The summed E-state index contributed by atoms with van der Waals surface area (Å²) < 4.78 is 2.00. The second-order valence-corrected chi connectivity index (χ2v) is 10.9. The lowest BCUT2D eigenvalue weighted by Gasteiger charge is -2.23. The van der Waals surface area contributed by atoms with E-state index in [2.05, 4.69) is 0 Å². The highest BCUT2D eigenvalue weighted by Gasteiger charge is 2.36. The Hall–Kier alpha value is -3.20. The molecule has 5 rings (SSSR count). The van der Waals surface area contributed by atoms with Crippen LogP contribution in [0.15, 0.2) is 98.6 Å². The number of aryl methyl sites for hydroxylation is 1. The first kappa shape index (κ1) is 23.5. The number of fused-ring (bicyclic) bond motifs is 1. The smallest absolute Gasteiger partial charge is 0.266 e. The molecule has 0 aliphatic carbocycles. The first-order valence-corrected chi connectivity index (χ1v) is 13.0. The van der Waals surface area contributed by atoms with E-state index in [4.69, 9.17) is 17.2 Å². The third-order valence-electron chi connectivity index (χ3n) is 5.70. The molecule has 1 atom stereocenters. The number of nitrogens with zero attached hydrogens (tertiary/aromatic N) is 3. The van der Waals surface area contributed by atoms with Gasteiger partial charge in [-0.15, -0.1) is 0 Å². The molecule has 0 bridgehead atoms. The first-order valence-electron chi connectivity index (χ1n) is 11.0. The van der Waals surface area contributed by atoms with Gasteiger partial charge in [-0.25, -0.2) is 4.98 Å². The molecular weight excluding hydrogens is 495 g/mol. The van der Waals surface area contributed by atoms with Crippen LogP contribution in [0.5, 0.6) is 0 Å². The Morgan fingerprint density at radius 1 is 1.00 bits per heavy atom. The van der Waals surface area contributed by atoms with Crippen LogP contribution < -0.4 is 5.56 Å². The molecule has 1 aliphatic rings. The Kier molecular flexibility index (Phi) is 6.60. The standard InChI is InChI=1S/C27H21N3O2S3/c1-17-13-14-23-28-24(34-20-11-7-4-8-12-20)21(25(31)29(23)16-17)15-22-26(32)30(27(33)35-22)18(2)19-9-5-3-6-10-19/h3-16,18H,1-2H3/b22-15-/t18-/m1/s1. The minimum Gasteiger partial charge on any atom is -0.286 e. The molecule has 0 unspecified atom stereocenters. The summed E-state index contributed by atoms with van der Waals surface area (Å²) in [5.74, 6) is -0.208. The summed E-state index contributed by atoms with van der Waals surface area (Å²) >= 11 is 8.19. The van der Waals surface area contributed by atoms with Gasteiger partial charge < -0.3 is 0 Å². The van der Waals surface area contributed by atoms with Crippen molar-refractivity contribution in [1.82, 2.24) is 14.3 Å². The van der Waals surface area contributed by atoms with Gasteiger partial charge in [-0.1, -0.05) is 90.3 Å². The second-order valence-electron chi connectivity index (χ2n) is 8.12. The maximum absolute atomic E-state index is 13.6. The zero-order chi connectivity index (χ0) is 24.5. The summed E-state index contributed by atoms with van der Waals surface area (Å²) in [6.45, 7) is 3.88. The van der Waals surface area contributed by atoms with Crippen LogP contribution in [0.3, 0.4) is 0 Å². The molecular formula is C27H21N3O2S3. The average molecular weight is 516 g/mol. The number of hydrogen-bond donors (Lipinski definition) is 0. The fraction of sp³-hybridized carbons (Fsp3) is 0.111. The van der Waals surface area contributed by atoms with E-state index in [0.29, 0.717) is 25.5 Å². The fourth-order valence-corrected chi connectivity index (χ4v) is 6.18. The molecule has 2 aromatic heterocycles. The molecule has 0 N–H and O–H groups in total. The number of carbonyl (C=O) groups excluding carboxylic acids is 1. The van der Waals surface area contributed by atoms with Crippen LogP contribution in [0.1, 0.15) is 29.7 Å². The third kappa shape index (κ3) is 4.69. The largest absolute Gasteiger partial charge is 0.286 e. The highest BCUT2D eigenvalue weighted by Crippen LogP contribution is 2.39. The van der Waals surface area contributed by atoms with Crippen LogP contribution in [0, 0.1) is 6.92 Å². The Bertz CT molecular complexity index is 1530. The lowest BCUT2D eigenvalue weighted by molar-refractivity contribution is -0.123. The van der Waals surface area contributed by atoms with E-state index in [0.717, 1.165) is 16.0 Å². The number of rotatable bonds is 5. The van der Waals surface area contributed by atoms with E-state index in [1.807, 2.05) is 86.6 Å². The molecule has 0 saturated carbocycles. The average Bonchev–Trinajstić information content (AvgIpc) is 3.15. The number of benzene rings is 2. The lowest BCUT2D eigenvalue weighted by Crippen LogP contribution is -2.31. The SMILES string of the molecule is Cc1ccc2nc(Sc3ccccc3)c(/C=C3\SC(=S)N([C@H](C)c4ccccc4)C3=O)c(=O)n2c1. The zero-order valence-electron chi connectivity index (χ0n) is 19.0. The van der Waals surface area contributed by atoms with Gasteiger partial charge in [0.25, 0.3) is 11.5 Å². The summed E-state index contributed by atoms with van der Waals surface area (Å²) in [6.07, 6.45) is 3.41. The van der Waals surface area contributed by atoms with Gasteiger partial charge >= 0.3 is 0 Å². The number of carbonyl (C=O) groups is 1. The van der Waals surface area contributed by atoms with Crippen LogP contribution in [-0.4, -0.2) is 24.5 Å². The van der Waals surface area contributed by atoms with Crippen molar-refractivity contribution in [3.05, 3.63) is 111 Å². The molecule has 35 heavy (non-hydrogen) atoms. The number of thiocarbonyl (C=S) groups is 1. The molecule has 5 nitrogen and oxygen atoms in total. The maximum Gasteiger partial charge on any atom is 0.266 e. The minimum absolute atomic E-state index is 0.208. The molecule has 1 aliphatic heterocycles. The molecule has 174 valence electrons. The topological polar surface area (TPSA) is 54.7 Å². The Morgan fingerprint density at radius 3 is 2.40 bits per heavy atom. The van der Waals surface area contributed by atoms with Crippen LogP contribution in [0.2, 0.25) is 0 Å². The van der Waals surface area contributed by atoms with Crippen molar-refractivity contribution in [3.8, 4) is 0 Å². The van der Waals surface area contributed by atoms with Gasteiger partial charge in [0.1, 0.15) is 15.0 Å². The maximum atomic E-state index is 13.6. The van der Waals surface area contributed by atoms with Gasteiger partial charge in [0.2, 0.25) is 0 Å². The quantitative estimate of drug-likeness (QED) is 0.181. The molecule has 3 heterocycles. The highest BCUT2D eigenvalue weighted by atomic mass is 32.2. The van der Waals surface area contributed by atoms with E-state index in [1.165, 1.54) is 27.9 Å². The zero-order valence-corrected chi connectivity index (χ0v) is 21.5. The van der Waals surface area contributed by atoms with Crippen LogP contribution in [0.4, 0.5) is 0 Å². The molecule has 1 amide bonds. The monoisotopic (exact) mass is 515 g/mol. The van der Waals surface area contributed by atoms with E-state index >= 15 is 0 Å². The number of pyridine rings is 1. The molecule has 0 radical (unpaired) electrons. The van der Waals surface area contributed by atoms with Crippen molar-refractivity contribution in [2.24, 2.45) is 0 Å². The van der Waals surface area contributed by atoms with Crippen molar-refractivity contribution in [1.29, 1.82) is 0 Å². The second kappa shape index (κ2) is 9.81. The van der Waals surface area contributed by atoms with E-state index in [9.17, 15) is 9.59 Å². The summed E-state index contributed by atoms with van der Waals surface area (Å²) in [5, 5.41) is 0.548. The van der Waals surface area contributed by atoms with Crippen molar-refractivity contribution in [2.75, 3.05) is 0 Å². The summed E-state index contributed by atoms with van der Waals surface area (Å²) in [5.41, 5.74) is 2.64. The molecule has 4 aromatic rings. The summed E-state index contributed by atoms with van der Waals surface area (Å²) in [4.78, 5) is 34.8. The first-order chi connectivity index (χ1) is 16.9. The fourth-order valence-electron chi connectivity index (χ4n) is 3.87. The van der Waals surface area contributed by atoms with Gasteiger partial charge in [0.15, 0.2) is 0 Å². The van der Waals surface area contributed by atoms with Crippen LogP contribution in [-0.2, 0) is 4.79 Å². The van der Waals surface area contributed by atoms with Crippen molar-refractivity contribution >= 4 is 57.7 Å². The van der Waals surface area contributed by atoms with Gasteiger partial charge in [0, 0.05) is 11.1 Å². The van der Waals surface area contributed by atoms with E-state index < -0.39 is 0 Å². The van der Waals surface area contributed by atoms with Crippen molar-refractivity contribution in [2.45, 2.75) is 29.8 Å². The number of hydrogen-bond acceptors (Lipinski definition) is 6. The van der Waals surface area contributed by atoms with E-state index in [1.54, 1.807) is 17.2 Å². The third-order valence-corrected chi connectivity index (χ3v) is 8.04. The molecule has 8 heteroatoms. The van der Waals surface area contributed by atoms with Gasteiger partial charge in [-0.3, -0.25) is 18.9 Å². The van der Waals surface area contributed by atoms with Crippen molar-refractivity contribution < 1.29 is 4.79 Å². The van der Waals surface area contributed by atoms with Crippen LogP contribution >= 0.6 is 35.7 Å². The van der Waals surface area contributed by atoms with Gasteiger partial charge in [-0.05, 0) is 49.2 Å². The Balaban J connectivity index is 1.60. The van der Waals surface area contributed by atoms with Gasteiger partial charge in [-0.2, -0.15) is 0 Å².